The largest absolute Gasteiger partial charge is 0.399 e. The molecule has 0 bridgehead atoms. The normalized spacial score (nSPS) is 15.8. The van der Waals surface area contributed by atoms with Gasteiger partial charge >= 0.3 is 6.03 Å². The second-order valence-electron chi connectivity index (χ2n) is 5.39. The van der Waals surface area contributed by atoms with Gasteiger partial charge in [0.2, 0.25) is 0 Å². The number of benzene rings is 1. The van der Waals surface area contributed by atoms with Crippen LogP contribution in [0.3, 0.4) is 0 Å². The summed E-state index contributed by atoms with van der Waals surface area (Å²) < 4.78 is 0. The van der Waals surface area contributed by atoms with Crippen molar-refractivity contribution in [1.29, 1.82) is 0 Å². The maximum atomic E-state index is 12.4. The fraction of sp³-hybridized carbons (Fsp3) is 0.533. The molecule has 0 aliphatic carbocycles. The number of nitrogens with two attached hydrogens (primary N) is 1. The molecule has 1 aliphatic heterocycles. The Hall–Kier alpha value is -1.42. The van der Waals surface area contributed by atoms with Crippen LogP contribution in [-0.2, 0) is 6.54 Å². The summed E-state index contributed by atoms with van der Waals surface area (Å²) in [4.78, 5) is 16.1. The van der Waals surface area contributed by atoms with Crippen LogP contribution in [0.25, 0.3) is 0 Å². The van der Waals surface area contributed by atoms with Gasteiger partial charge in [0.1, 0.15) is 0 Å². The van der Waals surface area contributed by atoms with Gasteiger partial charge in [-0.05, 0) is 36.6 Å². The van der Waals surface area contributed by atoms with Gasteiger partial charge in [0.15, 0.2) is 0 Å². The molecule has 1 aliphatic rings. The summed E-state index contributed by atoms with van der Waals surface area (Å²) in [5.41, 5.74) is 7.32. The Balaban J connectivity index is 2.01. The first-order valence-electron chi connectivity index (χ1n) is 7.12. The van der Waals surface area contributed by atoms with E-state index in [1.807, 2.05) is 18.0 Å². The van der Waals surface area contributed by atoms with E-state index in [0.717, 1.165) is 31.5 Å². The molecule has 1 aromatic rings. The second kappa shape index (κ2) is 6.84. The number of nitrogen functional groups attached to an aromatic ring is 1. The Morgan fingerprint density at radius 1 is 1.30 bits per heavy atom. The van der Waals surface area contributed by atoms with Crippen molar-refractivity contribution in [3.8, 4) is 0 Å². The van der Waals surface area contributed by atoms with Crippen LogP contribution in [0.4, 0.5) is 10.5 Å². The number of hydrogen-bond donors (Lipinski definition) is 1. The van der Waals surface area contributed by atoms with Gasteiger partial charge in [0, 0.05) is 37.4 Å². The summed E-state index contributed by atoms with van der Waals surface area (Å²) in [6.45, 7) is 2.20. The summed E-state index contributed by atoms with van der Waals surface area (Å²) in [6.07, 6.45) is 4.63. The minimum Gasteiger partial charge on any atom is -0.399 e. The lowest BCUT2D eigenvalue weighted by Gasteiger charge is -2.27. The highest BCUT2D eigenvalue weighted by atomic mass is 35.5. The van der Waals surface area contributed by atoms with Crippen molar-refractivity contribution < 1.29 is 4.79 Å². The number of nitrogens with zero attached hydrogens (tertiary/aromatic N) is 2. The standard InChI is InChI=1S/C15H22ClN3O/c1-18(11-12-10-13(17)6-7-14(12)16)15(20)19-8-4-2-3-5-9-19/h6-7,10H,2-5,8-9,11,17H2,1H3. The lowest BCUT2D eigenvalue weighted by Crippen LogP contribution is -2.41. The summed E-state index contributed by atoms with van der Waals surface area (Å²) in [6, 6.07) is 5.44. The average Bonchev–Trinajstić information content (AvgIpc) is 2.71. The van der Waals surface area contributed by atoms with Crippen molar-refractivity contribution in [2.75, 3.05) is 25.9 Å². The number of urea groups is 1. The lowest BCUT2D eigenvalue weighted by molar-refractivity contribution is 0.162. The van der Waals surface area contributed by atoms with E-state index in [-0.39, 0.29) is 6.03 Å². The smallest absolute Gasteiger partial charge is 0.320 e. The lowest BCUT2D eigenvalue weighted by atomic mass is 10.2. The van der Waals surface area contributed by atoms with Crippen LogP contribution in [0.15, 0.2) is 18.2 Å². The van der Waals surface area contributed by atoms with Crippen molar-refractivity contribution in [2.24, 2.45) is 0 Å². The first kappa shape index (κ1) is 15.0. The van der Waals surface area contributed by atoms with Crippen molar-refractivity contribution in [3.63, 3.8) is 0 Å². The molecule has 0 aromatic heterocycles. The van der Waals surface area contributed by atoms with E-state index < -0.39 is 0 Å². The zero-order valence-electron chi connectivity index (χ0n) is 11.9. The molecule has 1 saturated heterocycles. The van der Waals surface area contributed by atoms with E-state index in [4.69, 9.17) is 17.3 Å². The highest BCUT2D eigenvalue weighted by Crippen LogP contribution is 2.21. The quantitative estimate of drug-likeness (QED) is 0.851. The molecule has 2 rings (SSSR count). The van der Waals surface area contributed by atoms with Gasteiger partial charge in [-0.15, -0.1) is 0 Å². The van der Waals surface area contributed by atoms with E-state index in [0.29, 0.717) is 17.3 Å². The van der Waals surface area contributed by atoms with Crippen LogP contribution in [-0.4, -0.2) is 36.0 Å². The number of likely N-dealkylation sites (tertiary alicyclic amines) is 1. The first-order chi connectivity index (χ1) is 9.58. The average molecular weight is 296 g/mol. The number of hydrogen-bond acceptors (Lipinski definition) is 2. The van der Waals surface area contributed by atoms with Gasteiger partial charge in [-0.1, -0.05) is 24.4 Å². The first-order valence-corrected chi connectivity index (χ1v) is 7.49. The summed E-state index contributed by atoms with van der Waals surface area (Å²) in [5.74, 6) is 0. The predicted molar refractivity (Wildman–Crippen MR) is 82.8 cm³/mol. The Kier molecular flexibility index (Phi) is 5.12. The number of carbonyl (C=O) groups is 1. The van der Waals surface area contributed by atoms with Gasteiger partial charge in [-0.3, -0.25) is 0 Å². The Bertz CT molecular complexity index is 470. The Labute approximate surface area is 125 Å². The Morgan fingerprint density at radius 3 is 2.60 bits per heavy atom. The van der Waals surface area contributed by atoms with Crippen LogP contribution >= 0.6 is 11.6 Å². The van der Waals surface area contributed by atoms with Crippen molar-refractivity contribution in [2.45, 2.75) is 32.2 Å². The number of amides is 2. The maximum absolute atomic E-state index is 12.4. The van der Waals surface area contributed by atoms with Crippen molar-refractivity contribution in [3.05, 3.63) is 28.8 Å². The molecule has 2 amide bonds. The van der Waals surface area contributed by atoms with Gasteiger partial charge < -0.3 is 15.5 Å². The molecular weight excluding hydrogens is 274 g/mol. The molecule has 0 saturated carbocycles. The van der Waals surface area contributed by atoms with Gasteiger partial charge in [-0.25, -0.2) is 4.79 Å². The molecule has 1 aromatic carbocycles. The molecule has 2 N–H and O–H groups in total. The topological polar surface area (TPSA) is 49.6 Å². The zero-order chi connectivity index (χ0) is 14.5. The third-order valence-electron chi connectivity index (χ3n) is 3.68. The van der Waals surface area contributed by atoms with Crippen LogP contribution in [0.2, 0.25) is 5.02 Å². The van der Waals surface area contributed by atoms with E-state index in [2.05, 4.69) is 0 Å². The molecule has 5 heteroatoms. The molecule has 0 unspecified atom stereocenters. The zero-order valence-corrected chi connectivity index (χ0v) is 12.7. The fourth-order valence-electron chi connectivity index (χ4n) is 2.54. The maximum Gasteiger partial charge on any atom is 0.320 e. The van der Waals surface area contributed by atoms with Crippen molar-refractivity contribution >= 4 is 23.3 Å². The van der Waals surface area contributed by atoms with E-state index in [1.165, 1.54) is 12.8 Å². The number of carbonyl (C=O) groups excluding carboxylic acids is 1. The number of halogens is 1. The van der Waals surface area contributed by atoms with Gasteiger partial charge in [-0.2, -0.15) is 0 Å². The molecule has 0 atom stereocenters. The molecule has 110 valence electrons. The molecule has 20 heavy (non-hydrogen) atoms. The summed E-state index contributed by atoms with van der Waals surface area (Å²) in [7, 11) is 1.81. The minimum atomic E-state index is 0.0744. The molecule has 4 nitrogen and oxygen atoms in total. The van der Waals surface area contributed by atoms with E-state index >= 15 is 0 Å². The second-order valence-corrected chi connectivity index (χ2v) is 5.80. The summed E-state index contributed by atoms with van der Waals surface area (Å²) >= 11 is 6.15. The van der Waals surface area contributed by atoms with E-state index in [9.17, 15) is 4.79 Å². The predicted octanol–water partition coefficient (Wildman–Crippen LogP) is 3.35. The van der Waals surface area contributed by atoms with Crippen LogP contribution < -0.4 is 5.73 Å². The highest BCUT2D eigenvalue weighted by molar-refractivity contribution is 6.31. The third kappa shape index (κ3) is 3.79. The van der Waals surface area contributed by atoms with Gasteiger partial charge in [0.05, 0.1) is 0 Å². The third-order valence-corrected chi connectivity index (χ3v) is 4.05. The molecule has 0 spiro atoms. The Morgan fingerprint density at radius 2 is 1.95 bits per heavy atom. The molecule has 1 heterocycles. The van der Waals surface area contributed by atoms with Crippen LogP contribution in [0.5, 0.6) is 0 Å². The van der Waals surface area contributed by atoms with Crippen molar-refractivity contribution in [1.82, 2.24) is 9.80 Å². The van der Waals surface area contributed by atoms with Crippen LogP contribution in [0.1, 0.15) is 31.2 Å². The van der Waals surface area contributed by atoms with E-state index in [1.54, 1.807) is 17.0 Å². The summed E-state index contributed by atoms with van der Waals surface area (Å²) in [5, 5.41) is 0.648. The fourth-order valence-corrected chi connectivity index (χ4v) is 2.72. The minimum absolute atomic E-state index is 0.0744. The van der Waals surface area contributed by atoms with Crippen LogP contribution in [0, 0.1) is 0 Å². The number of anilines is 1. The highest BCUT2D eigenvalue weighted by Gasteiger charge is 2.19. The molecule has 0 radical (unpaired) electrons. The molecular formula is C15H22ClN3O. The SMILES string of the molecule is CN(Cc1cc(N)ccc1Cl)C(=O)N1CCCCCC1. The number of rotatable bonds is 2. The van der Waals surface area contributed by atoms with Gasteiger partial charge in [0.25, 0.3) is 0 Å². The monoisotopic (exact) mass is 295 g/mol. The molecule has 1 fully saturated rings.